The molecule has 0 aliphatic carbocycles. The number of hydrogen-bond acceptors (Lipinski definition) is 3. The molecule has 84 valence electrons. The van der Waals surface area contributed by atoms with Gasteiger partial charge in [-0.15, -0.1) is 0 Å². The summed E-state index contributed by atoms with van der Waals surface area (Å²) in [7, 11) is 1.69. The second-order valence-corrected chi connectivity index (χ2v) is 3.65. The molecule has 0 spiro atoms. The molecule has 0 saturated heterocycles. The summed E-state index contributed by atoms with van der Waals surface area (Å²) in [6, 6.07) is 9.93. The zero-order valence-corrected chi connectivity index (χ0v) is 9.66. The molecular formula is C13H16N2O. The van der Waals surface area contributed by atoms with Crippen LogP contribution in [0.25, 0.3) is 10.9 Å². The lowest BCUT2D eigenvalue weighted by Gasteiger charge is -2.09. The lowest BCUT2D eigenvalue weighted by molar-refractivity contribution is 0.419. The highest BCUT2D eigenvalue weighted by Gasteiger charge is 2.04. The normalized spacial score (nSPS) is 10.4. The van der Waals surface area contributed by atoms with Gasteiger partial charge < -0.3 is 10.1 Å². The third kappa shape index (κ3) is 2.08. The van der Waals surface area contributed by atoms with Crippen molar-refractivity contribution >= 4 is 16.7 Å². The van der Waals surface area contributed by atoms with Crippen LogP contribution in [0.4, 0.5) is 5.82 Å². The number of pyridine rings is 1. The molecule has 1 heterocycles. The molecule has 2 aromatic rings. The molecule has 3 heteroatoms. The van der Waals surface area contributed by atoms with E-state index in [9.17, 15) is 0 Å². The maximum absolute atomic E-state index is 5.37. The van der Waals surface area contributed by atoms with Crippen LogP contribution in [0.15, 0.2) is 30.3 Å². The average Bonchev–Trinajstić information content (AvgIpc) is 2.35. The SMILES string of the molecule is CCCNc1cc(OC)c2ccccc2n1. The van der Waals surface area contributed by atoms with E-state index >= 15 is 0 Å². The zero-order valence-electron chi connectivity index (χ0n) is 9.66. The number of nitrogens with zero attached hydrogens (tertiary/aromatic N) is 1. The fraction of sp³-hybridized carbons (Fsp3) is 0.308. The predicted molar refractivity (Wildman–Crippen MR) is 67.1 cm³/mol. The summed E-state index contributed by atoms with van der Waals surface area (Å²) in [5, 5.41) is 4.32. The Kier molecular flexibility index (Phi) is 3.25. The van der Waals surface area contributed by atoms with Crippen LogP contribution >= 0.6 is 0 Å². The van der Waals surface area contributed by atoms with Gasteiger partial charge in [0.2, 0.25) is 0 Å². The molecule has 0 unspecified atom stereocenters. The first kappa shape index (κ1) is 10.7. The third-order valence-corrected chi connectivity index (χ3v) is 2.45. The number of benzene rings is 1. The molecular weight excluding hydrogens is 200 g/mol. The van der Waals surface area contributed by atoms with Gasteiger partial charge in [0, 0.05) is 18.0 Å². The van der Waals surface area contributed by atoms with E-state index in [0.29, 0.717) is 0 Å². The molecule has 1 N–H and O–H groups in total. The largest absolute Gasteiger partial charge is 0.496 e. The van der Waals surface area contributed by atoms with Gasteiger partial charge in [0.05, 0.1) is 12.6 Å². The van der Waals surface area contributed by atoms with E-state index in [1.165, 1.54) is 0 Å². The first-order valence-corrected chi connectivity index (χ1v) is 5.52. The van der Waals surface area contributed by atoms with Crippen molar-refractivity contribution in [1.82, 2.24) is 4.98 Å². The highest BCUT2D eigenvalue weighted by molar-refractivity contribution is 5.86. The minimum absolute atomic E-state index is 0.865. The first-order valence-electron chi connectivity index (χ1n) is 5.52. The van der Waals surface area contributed by atoms with E-state index in [1.54, 1.807) is 7.11 Å². The van der Waals surface area contributed by atoms with Crippen LogP contribution in [0.2, 0.25) is 0 Å². The Morgan fingerprint density at radius 2 is 2.12 bits per heavy atom. The Balaban J connectivity index is 2.46. The summed E-state index contributed by atoms with van der Waals surface area (Å²) < 4.78 is 5.37. The van der Waals surface area contributed by atoms with Crippen molar-refractivity contribution in [3.05, 3.63) is 30.3 Å². The summed E-state index contributed by atoms with van der Waals surface area (Å²) in [6.45, 7) is 3.06. The van der Waals surface area contributed by atoms with Gasteiger partial charge in [-0.3, -0.25) is 0 Å². The molecule has 0 aliphatic rings. The van der Waals surface area contributed by atoms with Crippen molar-refractivity contribution in [2.24, 2.45) is 0 Å². The van der Waals surface area contributed by atoms with Crippen LogP contribution in [-0.2, 0) is 0 Å². The second kappa shape index (κ2) is 4.84. The van der Waals surface area contributed by atoms with Crippen molar-refractivity contribution < 1.29 is 4.74 Å². The molecule has 16 heavy (non-hydrogen) atoms. The Hall–Kier alpha value is -1.77. The number of fused-ring (bicyclic) bond motifs is 1. The van der Waals surface area contributed by atoms with E-state index in [4.69, 9.17) is 4.74 Å². The number of ether oxygens (including phenoxy) is 1. The van der Waals surface area contributed by atoms with Crippen LogP contribution < -0.4 is 10.1 Å². The van der Waals surface area contributed by atoms with Gasteiger partial charge in [-0.1, -0.05) is 19.1 Å². The number of rotatable bonds is 4. The molecule has 0 bridgehead atoms. The van der Waals surface area contributed by atoms with Crippen molar-refractivity contribution in [3.63, 3.8) is 0 Å². The number of para-hydroxylation sites is 1. The second-order valence-electron chi connectivity index (χ2n) is 3.65. The minimum Gasteiger partial charge on any atom is -0.496 e. The van der Waals surface area contributed by atoms with Gasteiger partial charge in [0.1, 0.15) is 11.6 Å². The van der Waals surface area contributed by atoms with Gasteiger partial charge in [0.15, 0.2) is 0 Å². The summed E-state index contributed by atoms with van der Waals surface area (Å²) in [5.41, 5.74) is 0.959. The fourth-order valence-corrected chi connectivity index (χ4v) is 1.66. The van der Waals surface area contributed by atoms with Crippen molar-refractivity contribution in [3.8, 4) is 5.75 Å². The maximum atomic E-state index is 5.37. The average molecular weight is 216 g/mol. The highest BCUT2D eigenvalue weighted by Crippen LogP contribution is 2.26. The van der Waals surface area contributed by atoms with Crippen molar-refractivity contribution in [2.75, 3.05) is 19.0 Å². The number of anilines is 1. The summed E-state index contributed by atoms with van der Waals surface area (Å²) >= 11 is 0. The Morgan fingerprint density at radius 3 is 2.88 bits per heavy atom. The molecule has 0 aliphatic heterocycles. The third-order valence-electron chi connectivity index (χ3n) is 2.45. The summed E-state index contributed by atoms with van der Waals surface area (Å²) in [6.07, 6.45) is 1.08. The number of aromatic nitrogens is 1. The number of nitrogens with one attached hydrogen (secondary N) is 1. The minimum atomic E-state index is 0.865. The van der Waals surface area contributed by atoms with Crippen LogP contribution in [0, 0.1) is 0 Å². The molecule has 0 radical (unpaired) electrons. The fourth-order valence-electron chi connectivity index (χ4n) is 1.66. The van der Waals surface area contributed by atoms with E-state index in [1.807, 2.05) is 30.3 Å². The first-order chi connectivity index (χ1) is 7.85. The van der Waals surface area contributed by atoms with Crippen LogP contribution in [0.1, 0.15) is 13.3 Å². The monoisotopic (exact) mass is 216 g/mol. The number of methoxy groups -OCH3 is 1. The molecule has 0 atom stereocenters. The van der Waals surface area contributed by atoms with E-state index in [0.717, 1.165) is 35.4 Å². The predicted octanol–water partition coefficient (Wildman–Crippen LogP) is 3.07. The summed E-state index contributed by atoms with van der Waals surface area (Å²) in [4.78, 5) is 4.53. The van der Waals surface area contributed by atoms with Gasteiger partial charge in [-0.2, -0.15) is 0 Å². The van der Waals surface area contributed by atoms with Gasteiger partial charge >= 0.3 is 0 Å². The molecule has 0 saturated carbocycles. The molecule has 2 rings (SSSR count). The quantitative estimate of drug-likeness (QED) is 0.852. The molecule has 1 aromatic heterocycles. The van der Waals surface area contributed by atoms with Gasteiger partial charge in [-0.25, -0.2) is 4.98 Å². The van der Waals surface area contributed by atoms with E-state index < -0.39 is 0 Å². The Bertz CT molecular complexity index is 482. The lowest BCUT2D eigenvalue weighted by Crippen LogP contribution is -2.02. The molecule has 1 aromatic carbocycles. The topological polar surface area (TPSA) is 34.1 Å². The van der Waals surface area contributed by atoms with Crippen LogP contribution in [0.5, 0.6) is 5.75 Å². The standard InChI is InChI=1S/C13H16N2O/c1-3-8-14-13-9-12(16-2)10-6-4-5-7-11(10)15-13/h4-7,9H,3,8H2,1-2H3,(H,14,15). The lowest BCUT2D eigenvalue weighted by atomic mass is 10.2. The van der Waals surface area contributed by atoms with Gasteiger partial charge in [-0.05, 0) is 18.6 Å². The molecule has 0 amide bonds. The van der Waals surface area contributed by atoms with E-state index in [-0.39, 0.29) is 0 Å². The highest BCUT2D eigenvalue weighted by atomic mass is 16.5. The molecule has 3 nitrogen and oxygen atoms in total. The zero-order chi connectivity index (χ0) is 11.4. The van der Waals surface area contributed by atoms with Crippen molar-refractivity contribution in [2.45, 2.75) is 13.3 Å². The summed E-state index contributed by atoms with van der Waals surface area (Å²) in [5.74, 6) is 1.74. The van der Waals surface area contributed by atoms with E-state index in [2.05, 4.69) is 17.2 Å². The van der Waals surface area contributed by atoms with Crippen LogP contribution in [-0.4, -0.2) is 18.6 Å². The van der Waals surface area contributed by atoms with Crippen molar-refractivity contribution in [1.29, 1.82) is 0 Å². The van der Waals surface area contributed by atoms with Crippen LogP contribution in [0.3, 0.4) is 0 Å². The van der Waals surface area contributed by atoms with Gasteiger partial charge in [0.25, 0.3) is 0 Å². The smallest absolute Gasteiger partial charge is 0.131 e. The number of hydrogen-bond donors (Lipinski definition) is 1. The molecule has 0 fully saturated rings. The Morgan fingerprint density at radius 1 is 1.31 bits per heavy atom. The maximum Gasteiger partial charge on any atom is 0.131 e. The Labute approximate surface area is 95.5 Å².